The minimum atomic E-state index is -1.40. The number of hydrogen-bond acceptors (Lipinski definition) is 2. The normalized spacial score (nSPS) is 11.1. The van der Waals surface area contributed by atoms with E-state index < -0.39 is 12.0 Å². The summed E-state index contributed by atoms with van der Waals surface area (Å²) in [6.45, 7) is 0.989. The van der Waals surface area contributed by atoms with E-state index in [1.165, 1.54) is 6.92 Å². The minimum Gasteiger partial charge on any atom is -0.450 e. The van der Waals surface area contributed by atoms with E-state index in [0.29, 0.717) is 0 Å². The zero-order valence-corrected chi connectivity index (χ0v) is 4.93. The van der Waals surface area contributed by atoms with E-state index >= 15 is 0 Å². The molecule has 0 bridgehead atoms. The third-order valence-corrected chi connectivity index (χ3v) is 0.571. The molecular formula is C5H7FO3. The Labute approximate surface area is 51.7 Å². The van der Waals surface area contributed by atoms with Crippen molar-refractivity contribution in [2.45, 2.75) is 6.92 Å². The summed E-state index contributed by atoms with van der Waals surface area (Å²) in [5.74, 6) is -0.448. The van der Waals surface area contributed by atoms with Gasteiger partial charge in [0.1, 0.15) is 6.61 Å². The van der Waals surface area contributed by atoms with E-state index in [-0.39, 0.29) is 6.61 Å². The molecule has 0 aliphatic carbocycles. The molecule has 0 aromatic rings. The van der Waals surface area contributed by atoms with Gasteiger partial charge in [-0.25, -0.2) is 9.18 Å². The smallest absolute Gasteiger partial charge is 0.450 e. The summed E-state index contributed by atoms with van der Waals surface area (Å²) in [6.07, 6.45) is -0.360. The number of halogens is 1. The molecule has 0 spiro atoms. The zero-order chi connectivity index (χ0) is 7.28. The summed E-state index contributed by atoms with van der Waals surface area (Å²) in [4.78, 5) is 9.61. The van der Waals surface area contributed by atoms with Gasteiger partial charge < -0.3 is 9.84 Å². The van der Waals surface area contributed by atoms with Crippen molar-refractivity contribution >= 4 is 6.16 Å². The SMILES string of the molecule is CC(F)=CCOC(=O)O. The van der Waals surface area contributed by atoms with E-state index in [2.05, 4.69) is 4.74 Å². The lowest BCUT2D eigenvalue weighted by atomic mass is 10.5. The fraction of sp³-hybridized carbons (Fsp3) is 0.400. The van der Waals surface area contributed by atoms with E-state index in [4.69, 9.17) is 5.11 Å². The van der Waals surface area contributed by atoms with Crippen LogP contribution in [0.3, 0.4) is 0 Å². The maximum absolute atomic E-state index is 11.7. The Morgan fingerprint density at radius 1 is 1.89 bits per heavy atom. The second-order valence-corrected chi connectivity index (χ2v) is 1.37. The molecule has 0 aliphatic rings. The molecular weight excluding hydrogens is 127 g/mol. The lowest BCUT2D eigenvalue weighted by Crippen LogP contribution is -1.99. The topological polar surface area (TPSA) is 46.5 Å². The molecule has 0 saturated heterocycles. The number of carbonyl (C=O) groups is 1. The van der Waals surface area contributed by atoms with Crippen LogP contribution in [0, 0.1) is 0 Å². The second-order valence-electron chi connectivity index (χ2n) is 1.37. The standard InChI is InChI=1S/C5H7FO3/c1-4(6)2-3-9-5(7)8/h2H,3H2,1H3,(H,7,8). The molecule has 0 aromatic heterocycles. The first-order valence-corrected chi connectivity index (χ1v) is 2.31. The van der Waals surface area contributed by atoms with Gasteiger partial charge in [0.25, 0.3) is 0 Å². The Kier molecular flexibility index (Phi) is 3.43. The molecule has 0 rings (SSSR count). The van der Waals surface area contributed by atoms with Crippen LogP contribution in [0.15, 0.2) is 11.9 Å². The van der Waals surface area contributed by atoms with Gasteiger partial charge in [-0.2, -0.15) is 0 Å². The van der Waals surface area contributed by atoms with Crippen molar-refractivity contribution in [3.8, 4) is 0 Å². The van der Waals surface area contributed by atoms with Crippen LogP contribution in [0.5, 0.6) is 0 Å². The Hall–Kier alpha value is -1.06. The van der Waals surface area contributed by atoms with Crippen molar-refractivity contribution in [2.75, 3.05) is 6.61 Å². The summed E-state index contributed by atoms with van der Waals surface area (Å²) in [6, 6.07) is 0. The van der Waals surface area contributed by atoms with Crippen LogP contribution in [-0.2, 0) is 4.74 Å². The fourth-order valence-electron chi connectivity index (χ4n) is 0.228. The van der Waals surface area contributed by atoms with Gasteiger partial charge in [-0.3, -0.25) is 0 Å². The maximum atomic E-state index is 11.7. The molecule has 0 unspecified atom stereocenters. The average Bonchev–Trinajstić information content (AvgIpc) is 1.63. The average molecular weight is 134 g/mol. The molecule has 1 N–H and O–H groups in total. The Bertz CT molecular complexity index is 126. The Morgan fingerprint density at radius 2 is 2.44 bits per heavy atom. The van der Waals surface area contributed by atoms with Gasteiger partial charge in [-0.1, -0.05) is 0 Å². The van der Waals surface area contributed by atoms with E-state index in [1.54, 1.807) is 0 Å². The first kappa shape index (κ1) is 7.94. The molecule has 0 atom stereocenters. The number of ether oxygens (including phenoxy) is 1. The molecule has 0 aliphatic heterocycles. The van der Waals surface area contributed by atoms with Gasteiger partial charge >= 0.3 is 6.16 Å². The predicted octanol–water partition coefficient (Wildman–Crippen LogP) is 1.55. The summed E-state index contributed by atoms with van der Waals surface area (Å²) >= 11 is 0. The Morgan fingerprint density at radius 3 is 2.78 bits per heavy atom. The highest BCUT2D eigenvalue weighted by molar-refractivity contribution is 5.56. The lowest BCUT2D eigenvalue weighted by Gasteiger charge is -1.91. The molecule has 4 heteroatoms. The van der Waals surface area contributed by atoms with E-state index in [1.807, 2.05) is 0 Å². The lowest BCUT2D eigenvalue weighted by molar-refractivity contribution is 0.101. The van der Waals surface area contributed by atoms with Gasteiger partial charge in [0.15, 0.2) is 0 Å². The number of rotatable bonds is 2. The predicted molar refractivity (Wildman–Crippen MR) is 28.8 cm³/mol. The third kappa shape index (κ3) is 6.94. The molecule has 9 heavy (non-hydrogen) atoms. The van der Waals surface area contributed by atoms with Crippen LogP contribution in [0.2, 0.25) is 0 Å². The highest BCUT2D eigenvalue weighted by Gasteiger charge is 1.91. The second kappa shape index (κ2) is 3.88. The highest BCUT2D eigenvalue weighted by Crippen LogP contribution is 1.91. The first-order valence-electron chi connectivity index (χ1n) is 2.31. The number of allylic oxidation sites excluding steroid dienone is 1. The van der Waals surface area contributed by atoms with Crippen LogP contribution in [0.4, 0.5) is 9.18 Å². The van der Waals surface area contributed by atoms with Crippen LogP contribution in [0.1, 0.15) is 6.92 Å². The third-order valence-electron chi connectivity index (χ3n) is 0.571. The zero-order valence-electron chi connectivity index (χ0n) is 4.93. The number of hydrogen-bond donors (Lipinski definition) is 1. The van der Waals surface area contributed by atoms with Crippen LogP contribution < -0.4 is 0 Å². The van der Waals surface area contributed by atoms with Crippen molar-refractivity contribution < 1.29 is 19.0 Å². The summed E-state index contributed by atoms with van der Waals surface area (Å²) in [7, 11) is 0. The summed E-state index contributed by atoms with van der Waals surface area (Å²) in [5.41, 5.74) is 0. The quantitative estimate of drug-likeness (QED) is 0.583. The molecule has 0 heterocycles. The highest BCUT2D eigenvalue weighted by atomic mass is 19.1. The molecule has 3 nitrogen and oxygen atoms in total. The van der Waals surface area contributed by atoms with Crippen molar-refractivity contribution in [3.63, 3.8) is 0 Å². The molecule has 0 aromatic carbocycles. The van der Waals surface area contributed by atoms with Gasteiger partial charge in [0.05, 0.1) is 5.83 Å². The minimum absolute atomic E-state index is 0.225. The van der Waals surface area contributed by atoms with Crippen molar-refractivity contribution in [3.05, 3.63) is 11.9 Å². The monoisotopic (exact) mass is 134 g/mol. The molecule has 0 fully saturated rings. The van der Waals surface area contributed by atoms with Crippen molar-refractivity contribution in [2.24, 2.45) is 0 Å². The van der Waals surface area contributed by atoms with E-state index in [9.17, 15) is 9.18 Å². The van der Waals surface area contributed by atoms with Crippen LogP contribution in [-0.4, -0.2) is 17.9 Å². The molecule has 0 radical (unpaired) electrons. The maximum Gasteiger partial charge on any atom is 0.506 e. The fourth-order valence-corrected chi connectivity index (χ4v) is 0.228. The molecule has 0 amide bonds. The Balaban J connectivity index is 3.31. The van der Waals surface area contributed by atoms with Crippen molar-refractivity contribution in [1.82, 2.24) is 0 Å². The number of carboxylic acid groups (broad SMARTS) is 1. The van der Waals surface area contributed by atoms with Crippen LogP contribution >= 0.6 is 0 Å². The van der Waals surface area contributed by atoms with Gasteiger partial charge in [-0.05, 0) is 13.0 Å². The molecule has 52 valence electrons. The first-order chi connectivity index (χ1) is 4.13. The van der Waals surface area contributed by atoms with E-state index in [0.717, 1.165) is 6.08 Å². The summed E-state index contributed by atoms with van der Waals surface area (Å²) in [5, 5.41) is 7.85. The largest absolute Gasteiger partial charge is 0.506 e. The van der Waals surface area contributed by atoms with Gasteiger partial charge in [0.2, 0.25) is 0 Å². The molecule has 0 saturated carbocycles. The van der Waals surface area contributed by atoms with Gasteiger partial charge in [0, 0.05) is 0 Å². The van der Waals surface area contributed by atoms with Crippen molar-refractivity contribution in [1.29, 1.82) is 0 Å². The van der Waals surface area contributed by atoms with Gasteiger partial charge in [-0.15, -0.1) is 0 Å². The summed E-state index contributed by atoms with van der Waals surface area (Å²) < 4.78 is 15.7. The van der Waals surface area contributed by atoms with Crippen LogP contribution in [0.25, 0.3) is 0 Å².